The van der Waals surface area contributed by atoms with Gasteiger partial charge in [0.1, 0.15) is 5.82 Å². The molecule has 2 amide bonds. The third-order valence-electron chi connectivity index (χ3n) is 10.2. The van der Waals surface area contributed by atoms with Crippen LogP contribution in [0.25, 0.3) is 0 Å². The molecule has 6 heteroatoms. The van der Waals surface area contributed by atoms with Gasteiger partial charge in [0.15, 0.2) is 0 Å². The van der Waals surface area contributed by atoms with E-state index in [1.807, 2.05) is 24.1 Å². The Morgan fingerprint density at radius 2 is 1.63 bits per heavy atom. The van der Waals surface area contributed by atoms with Crippen LogP contribution in [0.15, 0.2) is 54.6 Å². The molecule has 3 heterocycles. The zero-order valence-electron chi connectivity index (χ0n) is 22.9. The predicted molar refractivity (Wildman–Crippen MR) is 149 cm³/mol. The molecule has 5 nitrogen and oxygen atoms in total. The molecular formula is C32H43FN4O. The molecule has 4 aliphatic rings. The highest BCUT2D eigenvalue weighted by Gasteiger charge is 2.54. The fourth-order valence-corrected chi connectivity index (χ4v) is 8.12. The second-order valence-electron chi connectivity index (χ2n) is 12.2. The number of carbonyl (C=O) groups excluding carboxylic acids is 1. The molecule has 0 N–H and O–H groups in total. The van der Waals surface area contributed by atoms with E-state index in [-0.39, 0.29) is 23.3 Å². The van der Waals surface area contributed by atoms with Crippen LogP contribution in [0.1, 0.15) is 49.7 Å². The first-order valence-corrected chi connectivity index (χ1v) is 14.8. The van der Waals surface area contributed by atoms with Gasteiger partial charge < -0.3 is 14.7 Å². The first-order chi connectivity index (χ1) is 18.5. The van der Waals surface area contributed by atoms with Gasteiger partial charge in [0, 0.05) is 44.7 Å². The Balaban J connectivity index is 1.34. The molecule has 0 aromatic heterocycles. The van der Waals surface area contributed by atoms with E-state index in [9.17, 15) is 9.18 Å². The molecule has 3 atom stereocenters. The normalized spacial score (nSPS) is 27.1. The highest BCUT2D eigenvalue weighted by atomic mass is 19.1. The summed E-state index contributed by atoms with van der Waals surface area (Å²) < 4.78 is 14.9. The van der Waals surface area contributed by atoms with E-state index in [0.717, 1.165) is 84.5 Å². The minimum Gasteiger partial charge on any atom is -0.326 e. The first-order valence-electron chi connectivity index (χ1n) is 14.8. The number of hydrogen-bond acceptors (Lipinski definition) is 3. The van der Waals surface area contributed by atoms with Gasteiger partial charge in [0.2, 0.25) is 0 Å². The monoisotopic (exact) mass is 518 g/mol. The van der Waals surface area contributed by atoms with E-state index < -0.39 is 0 Å². The lowest BCUT2D eigenvalue weighted by Gasteiger charge is -2.54. The average molecular weight is 519 g/mol. The molecule has 6 rings (SSSR count). The number of likely N-dealkylation sites (N-methyl/N-ethyl adjacent to an activating group) is 1. The van der Waals surface area contributed by atoms with E-state index in [2.05, 4.69) is 51.1 Å². The molecule has 2 aromatic carbocycles. The second kappa shape index (κ2) is 11.0. The van der Waals surface area contributed by atoms with Gasteiger partial charge in [-0.15, -0.1) is 0 Å². The Bertz CT molecular complexity index is 1100. The number of piperidine rings is 1. The van der Waals surface area contributed by atoms with Gasteiger partial charge in [-0.3, -0.25) is 4.90 Å². The number of urea groups is 1. The van der Waals surface area contributed by atoms with E-state index in [1.54, 1.807) is 6.07 Å². The molecule has 4 fully saturated rings. The summed E-state index contributed by atoms with van der Waals surface area (Å²) in [6, 6.07) is 18.7. The number of halogens is 1. The van der Waals surface area contributed by atoms with Crippen LogP contribution in [0.5, 0.6) is 0 Å². The van der Waals surface area contributed by atoms with Crippen molar-refractivity contribution in [3.8, 4) is 0 Å². The van der Waals surface area contributed by atoms with Crippen molar-refractivity contribution < 1.29 is 9.18 Å². The summed E-state index contributed by atoms with van der Waals surface area (Å²) in [4.78, 5) is 22.5. The lowest BCUT2D eigenvalue weighted by atomic mass is 9.57. The minimum absolute atomic E-state index is 0.136. The molecule has 3 aliphatic heterocycles. The molecule has 0 radical (unpaired) electrons. The highest BCUT2D eigenvalue weighted by molar-refractivity contribution is 5.76. The number of carbonyl (C=O) groups is 1. The van der Waals surface area contributed by atoms with E-state index in [4.69, 9.17) is 0 Å². The van der Waals surface area contributed by atoms with E-state index in [1.165, 1.54) is 17.5 Å². The van der Waals surface area contributed by atoms with Gasteiger partial charge in [0.25, 0.3) is 0 Å². The fraction of sp³-hybridized carbons (Fsp3) is 0.594. The van der Waals surface area contributed by atoms with Gasteiger partial charge in [-0.05, 0) is 93.4 Å². The number of benzene rings is 2. The molecule has 38 heavy (non-hydrogen) atoms. The zero-order chi connectivity index (χ0) is 26.1. The topological polar surface area (TPSA) is 30.0 Å². The molecule has 1 saturated carbocycles. The van der Waals surface area contributed by atoms with Gasteiger partial charge in [-0.25, -0.2) is 9.18 Å². The quantitative estimate of drug-likeness (QED) is 0.480. The Morgan fingerprint density at radius 3 is 2.29 bits per heavy atom. The number of nitrogens with zero attached hydrogens (tertiary/aromatic N) is 4. The second-order valence-corrected chi connectivity index (χ2v) is 12.2. The Kier molecular flexibility index (Phi) is 7.45. The predicted octanol–water partition coefficient (Wildman–Crippen LogP) is 5.22. The Morgan fingerprint density at radius 1 is 0.842 bits per heavy atom. The average Bonchev–Trinajstić information content (AvgIpc) is 3.52. The molecule has 1 aliphatic carbocycles. The molecule has 204 valence electrons. The summed E-state index contributed by atoms with van der Waals surface area (Å²) in [5.41, 5.74) is 2.39. The van der Waals surface area contributed by atoms with Crippen LogP contribution in [-0.2, 0) is 12.0 Å². The molecule has 0 bridgehead atoms. The largest absolute Gasteiger partial charge is 0.326 e. The number of amides is 2. The van der Waals surface area contributed by atoms with Crippen LogP contribution in [0, 0.1) is 17.7 Å². The summed E-state index contributed by atoms with van der Waals surface area (Å²) in [5, 5.41) is 0. The van der Waals surface area contributed by atoms with Crippen LogP contribution in [-0.4, -0.2) is 84.5 Å². The molecule has 3 saturated heterocycles. The maximum absolute atomic E-state index is 14.9. The molecule has 2 aromatic rings. The number of rotatable bonds is 8. The van der Waals surface area contributed by atoms with Crippen LogP contribution in [0.3, 0.4) is 0 Å². The number of hydrogen-bond donors (Lipinski definition) is 0. The third-order valence-corrected chi connectivity index (χ3v) is 10.2. The standard InChI is InChI=1S/C32H43FN4O/c1-34-20-21-37(31(34)38)30-13-6-12-29(30)32(24-36-16-7-17-36,27-10-5-11-28(33)22-27)26-14-18-35(19-15-26)23-25-8-3-2-4-9-25/h2-5,8-11,22,26,29-30H,6-7,12-21,23-24H2,1H3/t29-,30-,32?/m0/s1. The van der Waals surface area contributed by atoms with Gasteiger partial charge in [-0.2, -0.15) is 0 Å². The van der Waals surface area contributed by atoms with E-state index in [0.29, 0.717) is 11.8 Å². The SMILES string of the molecule is CN1CCN([C@H]2CCC[C@@H]2C(CN2CCC2)(c2cccc(F)c2)C2CCN(Cc3ccccc3)CC2)C1=O. The maximum atomic E-state index is 14.9. The summed E-state index contributed by atoms with van der Waals surface area (Å²) in [7, 11) is 1.93. The summed E-state index contributed by atoms with van der Waals surface area (Å²) in [5.74, 6) is 0.688. The Hall–Kier alpha value is -2.44. The van der Waals surface area contributed by atoms with E-state index >= 15 is 0 Å². The Labute approximate surface area is 227 Å². The number of likely N-dealkylation sites (tertiary alicyclic amines) is 2. The van der Waals surface area contributed by atoms with Gasteiger partial charge in [0.05, 0.1) is 0 Å². The fourth-order valence-electron chi connectivity index (χ4n) is 8.12. The van der Waals surface area contributed by atoms with Crippen molar-refractivity contribution in [3.63, 3.8) is 0 Å². The van der Waals surface area contributed by atoms with Crippen molar-refractivity contribution in [1.82, 2.24) is 19.6 Å². The summed E-state index contributed by atoms with van der Waals surface area (Å²) in [6.07, 6.45) is 6.81. The third kappa shape index (κ3) is 4.86. The van der Waals surface area contributed by atoms with Crippen molar-refractivity contribution in [3.05, 3.63) is 71.5 Å². The van der Waals surface area contributed by atoms with Crippen LogP contribution in [0.2, 0.25) is 0 Å². The molecule has 1 unspecified atom stereocenters. The van der Waals surface area contributed by atoms with Crippen molar-refractivity contribution in [2.75, 3.05) is 52.9 Å². The van der Waals surface area contributed by atoms with Gasteiger partial charge >= 0.3 is 6.03 Å². The molecular weight excluding hydrogens is 475 g/mol. The highest BCUT2D eigenvalue weighted by Crippen LogP contribution is 2.53. The first kappa shape index (κ1) is 25.8. The zero-order valence-corrected chi connectivity index (χ0v) is 22.9. The summed E-state index contributed by atoms with van der Waals surface area (Å²) in [6.45, 7) is 8.00. The maximum Gasteiger partial charge on any atom is 0.320 e. The van der Waals surface area contributed by atoms with Gasteiger partial charge in [-0.1, -0.05) is 48.9 Å². The smallest absolute Gasteiger partial charge is 0.320 e. The van der Waals surface area contributed by atoms with Crippen molar-refractivity contribution in [1.29, 1.82) is 0 Å². The van der Waals surface area contributed by atoms with Crippen molar-refractivity contribution in [2.45, 2.75) is 56.5 Å². The van der Waals surface area contributed by atoms with Crippen LogP contribution in [0.4, 0.5) is 9.18 Å². The lowest BCUT2D eigenvalue weighted by Crippen LogP contribution is -2.59. The van der Waals surface area contributed by atoms with Crippen molar-refractivity contribution in [2.24, 2.45) is 11.8 Å². The minimum atomic E-state index is -0.149. The molecule has 0 spiro atoms. The summed E-state index contributed by atoms with van der Waals surface area (Å²) >= 11 is 0. The lowest BCUT2D eigenvalue weighted by molar-refractivity contribution is 0.0129. The van der Waals surface area contributed by atoms with Crippen LogP contribution >= 0.6 is 0 Å². The van der Waals surface area contributed by atoms with Crippen LogP contribution < -0.4 is 0 Å². The van der Waals surface area contributed by atoms with Crippen molar-refractivity contribution >= 4 is 6.03 Å².